The van der Waals surface area contributed by atoms with E-state index in [0.717, 1.165) is 12.5 Å². The molecule has 0 aromatic rings. The second kappa shape index (κ2) is 5.28. The van der Waals surface area contributed by atoms with Crippen LogP contribution in [0.15, 0.2) is 0 Å². The van der Waals surface area contributed by atoms with Crippen LogP contribution in [-0.2, 0) is 4.43 Å². The Balaban J connectivity index is 2.86. The van der Waals surface area contributed by atoms with Gasteiger partial charge in [-0.1, -0.05) is 0 Å². The molecule has 0 aliphatic heterocycles. The number of hydrogen-bond donors (Lipinski definition) is 1. The van der Waals surface area contributed by atoms with E-state index in [2.05, 4.69) is 6.55 Å². The molecule has 3 heteroatoms. The van der Waals surface area contributed by atoms with Crippen molar-refractivity contribution in [1.29, 1.82) is 0 Å². The summed E-state index contributed by atoms with van der Waals surface area (Å²) in [5, 5.41) is 8.38. The second-order valence-electron chi connectivity index (χ2n) is 1.91. The van der Waals surface area contributed by atoms with Gasteiger partial charge in [0.05, 0.1) is 0 Å². The van der Waals surface area contributed by atoms with Crippen LogP contribution >= 0.6 is 0 Å². The quantitative estimate of drug-likeness (QED) is 0.563. The third-order valence-corrected chi connectivity index (χ3v) is 3.20. The summed E-state index contributed by atoms with van der Waals surface area (Å²) in [6, 6.07) is 1.09. The van der Waals surface area contributed by atoms with Crippen LogP contribution in [0.1, 0.15) is 6.42 Å². The zero-order valence-electron chi connectivity index (χ0n) is 5.55. The van der Waals surface area contributed by atoms with Gasteiger partial charge in [-0.05, 0) is 19.0 Å². The van der Waals surface area contributed by atoms with Crippen LogP contribution in [0.5, 0.6) is 0 Å². The largest absolute Gasteiger partial charge is 0.423 e. The summed E-state index contributed by atoms with van der Waals surface area (Å²) < 4.78 is 5.08. The van der Waals surface area contributed by atoms with E-state index in [9.17, 15) is 0 Å². The summed E-state index contributed by atoms with van der Waals surface area (Å²) in [4.78, 5) is 0. The molecule has 1 atom stereocenters. The topological polar surface area (TPSA) is 29.5 Å². The molecule has 1 N–H and O–H groups in total. The van der Waals surface area contributed by atoms with Crippen LogP contribution in [0.25, 0.3) is 0 Å². The van der Waals surface area contributed by atoms with Crippen molar-refractivity contribution in [3.05, 3.63) is 0 Å². The SMILES string of the molecule is CO[SiH](C)CCCO. The Morgan fingerprint density at radius 1 is 1.62 bits per heavy atom. The summed E-state index contributed by atoms with van der Waals surface area (Å²) in [7, 11) is 0.885. The first-order valence-corrected chi connectivity index (χ1v) is 5.39. The molecule has 0 aliphatic rings. The average molecular weight is 134 g/mol. The Morgan fingerprint density at radius 2 is 2.25 bits per heavy atom. The Bertz CT molecular complexity index is 49.7. The molecule has 0 bridgehead atoms. The van der Waals surface area contributed by atoms with Crippen molar-refractivity contribution in [3.63, 3.8) is 0 Å². The van der Waals surface area contributed by atoms with Crippen molar-refractivity contribution in [2.24, 2.45) is 0 Å². The summed E-state index contributed by atoms with van der Waals surface area (Å²) >= 11 is 0. The zero-order chi connectivity index (χ0) is 6.41. The number of aliphatic hydroxyl groups excluding tert-OH is 1. The fourth-order valence-corrected chi connectivity index (χ4v) is 1.49. The predicted molar refractivity (Wildman–Crippen MR) is 36.5 cm³/mol. The molecular weight excluding hydrogens is 120 g/mol. The van der Waals surface area contributed by atoms with Crippen LogP contribution in [-0.4, -0.2) is 27.9 Å². The second-order valence-corrected chi connectivity index (χ2v) is 4.58. The van der Waals surface area contributed by atoms with Gasteiger partial charge >= 0.3 is 0 Å². The molecule has 0 radical (unpaired) electrons. The third-order valence-electron chi connectivity index (χ3n) is 1.17. The molecular formula is C5H14O2Si. The first-order chi connectivity index (χ1) is 3.81. The normalized spacial score (nSPS) is 13.9. The average Bonchev–Trinajstić information content (AvgIpc) is 1.83. The third kappa shape index (κ3) is 4.30. The highest BCUT2D eigenvalue weighted by atomic mass is 28.3. The monoisotopic (exact) mass is 134 g/mol. The molecule has 0 aliphatic carbocycles. The van der Waals surface area contributed by atoms with Gasteiger partial charge in [-0.3, -0.25) is 0 Å². The lowest BCUT2D eigenvalue weighted by Gasteiger charge is -2.03. The van der Waals surface area contributed by atoms with Crippen molar-refractivity contribution in [2.75, 3.05) is 13.7 Å². The van der Waals surface area contributed by atoms with E-state index in [0.29, 0.717) is 6.61 Å². The smallest absolute Gasteiger partial charge is 0.173 e. The van der Waals surface area contributed by atoms with E-state index in [1.54, 1.807) is 7.11 Å². The first kappa shape index (κ1) is 8.14. The molecule has 0 amide bonds. The molecule has 8 heavy (non-hydrogen) atoms. The van der Waals surface area contributed by atoms with E-state index >= 15 is 0 Å². The van der Waals surface area contributed by atoms with Crippen molar-refractivity contribution in [1.82, 2.24) is 0 Å². The standard InChI is InChI=1S/C5H14O2Si/c1-7-8(2)5-3-4-6/h6,8H,3-5H2,1-2H3. The van der Waals surface area contributed by atoms with Crippen molar-refractivity contribution < 1.29 is 9.53 Å². The lowest BCUT2D eigenvalue weighted by Crippen LogP contribution is -2.09. The van der Waals surface area contributed by atoms with Crippen LogP contribution < -0.4 is 0 Å². The van der Waals surface area contributed by atoms with Gasteiger partial charge in [0.15, 0.2) is 9.04 Å². The molecule has 1 unspecified atom stereocenters. The van der Waals surface area contributed by atoms with Crippen molar-refractivity contribution >= 4 is 9.04 Å². The summed E-state index contributed by atoms with van der Waals surface area (Å²) in [6.07, 6.45) is 0.904. The summed E-state index contributed by atoms with van der Waals surface area (Å²) in [5.74, 6) is 0. The molecule has 0 heterocycles. The summed E-state index contributed by atoms with van der Waals surface area (Å²) in [6.45, 7) is 2.44. The van der Waals surface area contributed by atoms with Gasteiger partial charge < -0.3 is 9.53 Å². The zero-order valence-corrected chi connectivity index (χ0v) is 6.71. The first-order valence-electron chi connectivity index (χ1n) is 2.95. The Labute approximate surface area is 52.2 Å². The number of aliphatic hydroxyl groups is 1. The van der Waals surface area contributed by atoms with E-state index in [-0.39, 0.29) is 0 Å². The van der Waals surface area contributed by atoms with Crippen molar-refractivity contribution in [2.45, 2.75) is 19.0 Å². The van der Waals surface area contributed by atoms with Gasteiger partial charge in [0.1, 0.15) is 0 Å². The van der Waals surface area contributed by atoms with Gasteiger partial charge in [0, 0.05) is 13.7 Å². The molecule has 0 aromatic carbocycles. The van der Waals surface area contributed by atoms with Crippen LogP contribution in [0.4, 0.5) is 0 Å². The molecule has 0 aromatic heterocycles. The maximum absolute atomic E-state index is 8.38. The lowest BCUT2D eigenvalue weighted by atomic mass is 10.5. The molecule has 0 saturated heterocycles. The van der Waals surface area contributed by atoms with Gasteiger partial charge in [0.2, 0.25) is 0 Å². The molecule has 0 fully saturated rings. The minimum Gasteiger partial charge on any atom is -0.423 e. The van der Waals surface area contributed by atoms with E-state index in [1.165, 1.54) is 0 Å². The van der Waals surface area contributed by atoms with Gasteiger partial charge in [0.25, 0.3) is 0 Å². The van der Waals surface area contributed by atoms with Crippen LogP contribution in [0.3, 0.4) is 0 Å². The molecule has 0 rings (SSSR count). The highest BCUT2D eigenvalue weighted by Gasteiger charge is 1.98. The Kier molecular flexibility index (Phi) is 5.37. The maximum Gasteiger partial charge on any atom is 0.173 e. The minimum atomic E-state index is -0.859. The fourth-order valence-electron chi connectivity index (χ4n) is 0.497. The molecule has 0 saturated carbocycles. The highest BCUT2D eigenvalue weighted by molar-refractivity contribution is 6.50. The van der Waals surface area contributed by atoms with Crippen LogP contribution in [0, 0.1) is 0 Å². The van der Waals surface area contributed by atoms with E-state index < -0.39 is 9.04 Å². The van der Waals surface area contributed by atoms with Gasteiger partial charge in [-0.15, -0.1) is 0 Å². The predicted octanol–water partition coefficient (Wildman–Crippen LogP) is 0.369. The fraction of sp³-hybridized carbons (Fsp3) is 1.00. The molecule has 2 nitrogen and oxygen atoms in total. The van der Waals surface area contributed by atoms with E-state index in [1.807, 2.05) is 0 Å². The van der Waals surface area contributed by atoms with Crippen molar-refractivity contribution in [3.8, 4) is 0 Å². The molecule has 50 valence electrons. The molecule has 0 spiro atoms. The minimum absolute atomic E-state index is 0.306. The van der Waals surface area contributed by atoms with Gasteiger partial charge in [-0.2, -0.15) is 0 Å². The van der Waals surface area contributed by atoms with Gasteiger partial charge in [-0.25, -0.2) is 0 Å². The van der Waals surface area contributed by atoms with E-state index in [4.69, 9.17) is 9.53 Å². The summed E-state index contributed by atoms with van der Waals surface area (Å²) in [5.41, 5.74) is 0. The Hall–Kier alpha value is 0.137. The maximum atomic E-state index is 8.38. The van der Waals surface area contributed by atoms with Crippen LogP contribution in [0.2, 0.25) is 12.6 Å². The lowest BCUT2D eigenvalue weighted by molar-refractivity contribution is 0.291. The highest BCUT2D eigenvalue weighted by Crippen LogP contribution is 1.95. The number of rotatable bonds is 4. The Morgan fingerprint density at radius 3 is 2.62 bits per heavy atom. The number of hydrogen-bond acceptors (Lipinski definition) is 2.